The van der Waals surface area contributed by atoms with Gasteiger partial charge in [0.1, 0.15) is 11.6 Å². The number of nitrogens with zero attached hydrogens (tertiary/aromatic N) is 2. The molecular weight excluding hydrogens is 347 g/mol. The maximum atomic E-state index is 12.9. The third-order valence-electron chi connectivity index (χ3n) is 3.88. The average molecular weight is 366 g/mol. The number of methoxy groups -OCH3 is 1. The molecule has 0 spiro atoms. The van der Waals surface area contributed by atoms with Crippen molar-refractivity contribution in [3.05, 3.63) is 77.9 Å². The lowest BCUT2D eigenvalue weighted by molar-refractivity contribution is 0.0953. The molecule has 3 aromatic rings. The molecule has 1 heterocycles. The maximum Gasteiger partial charge on any atom is 0.254 e. The van der Waals surface area contributed by atoms with E-state index < -0.39 is 0 Å². The summed E-state index contributed by atoms with van der Waals surface area (Å²) in [4.78, 5) is 20.5. The number of ether oxygens (including phenoxy) is 1. The minimum atomic E-state index is -0.276. The Morgan fingerprint density at radius 3 is 2.48 bits per heavy atom. The molecule has 0 fully saturated rings. The van der Waals surface area contributed by atoms with Crippen molar-refractivity contribution in [3.63, 3.8) is 0 Å². The number of benzene rings is 2. The first-order valence-electron chi connectivity index (χ1n) is 8.40. The van der Waals surface area contributed by atoms with Gasteiger partial charge in [0.2, 0.25) is 5.95 Å². The van der Waals surface area contributed by atoms with E-state index >= 15 is 0 Å². The molecule has 2 N–H and O–H groups in total. The van der Waals surface area contributed by atoms with E-state index in [0.717, 1.165) is 11.3 Å². The molecule has 7 heteroatoms. The van der Waals surface area contributed by atoms with Crippen LogP contribution in [-0.4, -0.2) is 29.5 Å². The largest absolute Gasteiger partial charge is 0.495 e. The van der Waals surface area contributed by atoms with Gasteiger partial charge in [0.05, 0.1) is 18.4 Å². The highest BCUT2D eigenvalue weighted by atomic mass is 19.1. The van der Waals surface area contributed by atoms with Crippen LogP contribution in [0.2, 0.25) is 0 Å². The molecule has 0 aliphatic carbocycles. The molecule has 0 unspecified atom stereocenters. The Bertz CT molecular complexity index is 899. The van der Waals surface area contributed by atoms with Crippen molar-refractivity contribution in [2.24, 2.45) is 0 Å². The lowest BCUT2D eigenvalue weighted by Crippen LogP contribution is -2.26. The summed E-state index contributed by atoms with van der Waals surface area (Å²) in [5.74, 6) is 0.494. The normalized spacial score (nSPS) is 10.3. The highest BCUT2D eigenvalue weighted by Crippen LogP contribution is 2.25. The molecule has 0 bridgehead atoms. The van der Waals surface area contributed by atoms with E-state index in [1.54, 1.807) is 19.2 Å². The Labute approximate surface area is 156 Å². The predicted octanol–water partition coefficient (Wildman–Crippen LogP) is 3.34. The van der Waals surface area contributed by atoms with E-state index in [-0.39, 0.29) is 11.7 Å². The molecule has 27 heavy (non-hydrogen) atoms. The van der Waals surface area contributed by atoms with Gasteiger partial charge >= 0.3 is 0 Å². The number of anilines is 2. The van der Waals surface area contributed by atoms with Crippen LogP contribution in [0.15, 0.2) is 60.9 Å². The molecule has 1 aromatic heterocycles. The van der Waals surface area contributed by atoms with Crippen LogP contribution < -0.4 is 15.4 Å². The molecular formula is C20H19FN4O2. The number of hydrogen-bond donors (Lipinski definition) is 2. The zero-order valence-corrected chi connectivity index (χ0v) is 14.8. The van der Waals surface area contributed by atoms with Crippen LogP contribution in [0.4, 0.5) is 16.0 Å². The first kappa shape index (κ1) is 18.3. The van der Waals surface area contributed by atoms with Crippen molar-refractivity contribution in [2.75, 3.05) is 19.0 Å². The highest BCUT2D eigenvalue weighted by Gasteiger charge is 2.08. The van der Waals surface area contributed by atoms with Gasteiger partial charge in [-0.25, -0.2) is 14.4 Å². The van der Waals surface area contributed by atoms with Gasteiger partial charge in [0.25, 0.3) is 5.91 Å². The second kappa shape index (κ2) is 8.75. The van der Waals surface area contributed by atoms with Crippen LogP contribution in [0.1, 0.15) is 15.9 Å². The molecule has 6 nitrogen and oxygen atoms in total. The number of rotatable bonds is 7. The SMILES string of the molecule is COc1ccccc1Nc1ncc(C(=O)NCCc2ccc(F)cc2)cn1. The number of nitrogens with one attached hydrogen (secondary N) is 2. The molecule has 3 rings (SSSR count). The van der Waals surface area contributed by atoms with Crippen LogP contribution >= 0.6 is 0 Å². The minimum Gasteiger partial charge on any atom is -0.495 e. The summed E-state index contributed by atoms with van der Waals surface area (Å²) in [7, 11) is 1.58. The summed E-state index contributed by atoms with van der Waals surface area (Å²) in [5, 5.41) is 5.85. The average Bonchev–Trinajstić information content (AvgIpc) is 2.70. The predicted molar refractivity (Wildman–Crippen MR) is 101 cm³/mol. The Kier molecular flexibility index (Phi) is 5.94. The highest BCUT2D eigenvalue weighted by molar-refractivity contribution is 5.93. The monoisotopic (exact) mass is 366 g/mol. The first-order chi connectivity index (χ1) is 13.2. The van der Waals surface area contributed by atoms with Crippen LogP contribution in [0, 0.1) is 5.82 Å². The summed E-state index contributed by atoms with van der Waals surface area (Å²) in [6.07, 6.45) is 3.52. The molecule has 0 atom stereocenters. The third kappa shape index (κ3) is 5.01. The van der Waals surface area contributed by atoms with Gasteiger partial charge in [-0.1, -0.05) is 24.3 Å². The van der Waals surface area contributed by atoms with E-state index in [1.165, 1.54) is 24.5 Å². The smallest absolute Gasteiger partial charge is 0.254 e. The van der Waals surface area contributed by atoms with E-state index in [4.69, 9.17) is 4.74 Å². The van der Waals surface area contributed by atoms with Crippen LogP contribution in [-0.2, 0) is 6.42 Å². The van der Waals surface area contributed by atoms with Crippen molar-refractivity contribution in [1.82, 2.24) is 15.3 Å². The third-order valence-corrected chi connectivity index (χ3v) is 3.88. The van der Waals surface area contributed by atoms with Gasteiger partial charge in [-0.05, 0) is 36.2 Å². The van der Waals surface area contributed by atoms with E-state index in [1.807, 2.05) is 24.3 Å². The molecule has 0 saturated heterocycles. The van der Waals surface area contributed by atoms with Crippen LogP contribution in [0.5, 0.6) is 5.75 Å². The van der Waals surface area contributed by atoms with Gasteiger partial charge in [-0.15, -0.1) is 0 Å². The van der Waals surface area contributed by atoms with Crippen molar-refractivity contribution < 1.29 is 13.9 Å². The fourth-order valence-corrected chi connectivity index (χ4v) is 2.45. The van der Waals surface area contributed by atoms with E-state index in [0.29, 0.717) is 30.2 Å². The first-order valence-corrected chi connectivity index (χ1v) is 8.40. The van der Waals surface area contributed by atoms with Gasteiger partial charge < -0.3 is 15.4 Å². The quantitative estimate of drug-likeness (QED) is 0.671. The summed E-state index contributed by atoms with van der Waals surface area (Å²) < 4.78 is 18.1. The molecule has 0 radical (unpaired) electrons. The van der Waals surface area contributed by atoms with Crippen molar-refractivity contribution in [1.29, 1.82) is 0 Å². The molecule has 2 aromatic carbocycles. The number of para-hydroxylation sites is 2. The van der Waals surface area contributed by atoms with Gasteiger partial charge in [0.15, 0.2) is 0 Å². The number of halogens is 1. The van der Waals surface area contributed by atoms with Crippen LogP contribution in [0.3, 0.4) is 0 Å². The summed E-state index contributed by atoms with van der Waals surface area (Å²) in [6.45, 7) is 0.436. The topological polar surface area (TPSA) is 76.1 Å². The van der Waals surface area contributed by atoms with Gasteiger partial charge in [-0.2, -0.15) is 0 Å². The Balaban J connectivity index is 1.54. The Hall–Kier alpha value is -3.48. The maximum absolute atomic E-state index is 12.9. The number of carbonyl (C=O) groups is 1. The van der Waals surface area contributed by atoms with Crippen molar-refractivity contribution >= 4 is 17.5 Å². The summed E-state index contributed by atoms with van der Waals surface area (Å²) in [6, 6.07) is 13.6. The lowest BCUT2D eigenvalue weighted by atomic mass is 10.1. The van der Waals surface area contributed by atoms with E-state index in [2.05, 4.69) is 20.6 Å². The molecule has 0 aliphatic rings. The summed E-state index contributed by atoms with van der Waals surface area (Å²) >= 11 is 0. The summed E-state index contributed by atoms with van der Waals surface area (Å²) in [5.41, 5.74) is 2.04. The van der Waals surface area contributed by atoms with Crippen LogP contribution in [0.25, 0.3) is 0 Å². The second-order valence-electron chi connectivity index (χ2n) is 5.75. The second-order valence-corrected chi connectivity index (χ2v) is 5.75. The number of hydrogen-bond acceptors (Lipinski definition) is 5. The number of carbonyl (C=O) groups excluding carboxylic acids is 1. The Morgan fingerprint density at radius 1 is 1.07 bits per heavy atom. The molecule has 138 valence electrons. The standard InChI is InChI=1S/C20H19FN4O2/c1-27-18-5-3-2-4-17(18)25-20-23-12-15(13-24-20)19(26)22-11-10-14-6-8-16(21)9-7-14/h2-9,12-13H,10-11H2,1H3,(H,22,26)(H,23,24,25). The van der Waals surface area contributed by atoms with Gasteiger partial charge in [0, 0.05) is 18.9 Å². The zero-order chi connectivity index (χ0) is 19.1. The minimum absolute atomic E-state index is 0.263. The fraction of sp³-hybridized carbons (Fsp3) is 0.150. The molecule has 1 amide bonds. The number of aromatic nitrogens is 2. The fourth-order valence-electron chi connectivity index (χ4n) is 2.45. The number of amides is 1. The lowest BCUT2D eigenvalue weighted by Gasteiger charge is -2.10. The van der Waals surface area contributed by atoms with E-state index in [9.17, 15) is 9.18 Å². The van der Waals surface area contributed by atoms with Crippen molar-refractivity contribution in [3.8, 4) is 5.75 Å². The zero-order valence-electron chi connectivity index (χ0n) is 14.8. The molecule has 0 saturated carbocycles. The van der Waals surface area contributed by atoms with Crippen molar-refractivity contribution in [2.45, 2.75) is 6.42 Å². The molecule has 0 aliphatic heterocycles. The van der Waals surface area contributed by atoms with Gasteiger partial charge in [-0.3, -0.25) is 4.79 Å². The Morgan fingerprint density at radius 2 is 1.78 bits per heavy atom.